The summed E-state index contributed by atoms with van der Waals surface area (Å²) in [5.74, 6) is 0.128. The fourth-order valence-corrected chi connectivity index (χ4v) is 2.98. The van der Waals surface area contributed by atoms with Crippen molar-refractivity contribution in [3.63, 3.8) is 0 Å². The predicted octanol–water partition coefficient (Wildman–Crippen LogP) is 3.39. The maximum Gasteiger partial charge on any atom is 0.255 e. The maximum absolute atomic E-state index is 12.0. The Labute approximate surface area is 141 Å². The number of phenols is 1. The first-order valence-corrected chi connectivity index (χ1v) is 8.13. The van der Waals surface area contributed by atoms with E-state index in [1.165, 1.54) is 5.56 Å². The number of aromatic hydroxyl groups is 1. The van der Waals surface area contributed by atoms with Crippen LogP contribution in [0.5, 0.6) is 5.75 Å². The van der Waals surface area contributed by atoms with E-state index in [1.54, 1.807) is 24.4 Å². The molecule has 0 aliphatic carbocycles. The van der Waals surface area contributed by atoms with Crippen molar-refractivity contribution >= 4 is 10.8 Å². The Morgan fingerprint density at radius 1 is 1.08 bits per heavy atom. The van der Waals surface area contributed by atoms with Crippen molar-refractivity contribution in [2.75, 3.05) is 20.6 Å². The highest BCUT2D eigenvalue weighted by Crippen LogP contribution is 2.32. The average Bonchev–Trinajstić information content (AvgIpc) is 2.56. The summed E-state index contributed by atoms with van der Waals surface area (Å²) in [7, 11) is 4.16. The Morgan fingerprint density at radius 2 is 1.83 bits per heavy atom. The number of aromatic amines is 1. The van der Waals surface area contributed by atoms with Crippen molar-refractivity contribution < 1.29 is 5.11 Å². The molecular weight excluding hydrogens is 300 g/mol. The summed E-state index contributed by atoms with van der Waals surface area (Å²) in [6, 6.07) is 13.3. The molecule has 0 saturated carbocycles. The second-order valence-electron chi connectivity index (χ2n) is 6.33. The Balaban J connectivity index is 1.94. The van der Waals surface area contributed by atoms with Crippen LogP contribution >= 0.6 is 0 Å². The van der Waals surface area contributed by atoms with Crippen molar-refractivity contribution in [2.45, 2.75) is 12.8 Å². The number of aryl methyl sites for hydroxylation is 1. The summed E-state index contributed by atoms with van der Waals surface area (Å²) in [6.45, 7) is 1.07. The first kappa shape index (κ1) is 16.3. The van der Waals surface area contributed by atoms with Crippen LogP contribution in [0, 0.1) is 0 Å². The zero-order chi connectivity index (χ0) is 17.1. The van der Waals surface area contributed by atoms with Gasteiger partial charge in [-0.15, -0.1) is 0 Å². The quantitative estimate of drug-likeness (QED) is 0.757. The van der Waals surface area contributed by atoms with E-state index in [4.69, 9.17) is 0 Å². The molecule has 0 unspecified atom stereocenters. The smallest absolute Gasteiger partial charge is 0.255 e. The number of nitrogens with one attached hydrogen (secondary N) is 1. The molecule has 4 heteroatoms. The number of hydrogen-bond donors (Lipinski definition) is 2. The van der Waals surface area contributed by atoms with Crippen LogP contribution in [0.15, 0.2) is 53.5 Å². The highest BCUT2D eigenvalue weighted by Gasteiger charge is 2.10. The van der Waals surface area contributed by atoms with Crippen LogP contribution in [-0.4, -0.2) is 35.6 Å². The largest absolute Gasteiger partial charge is 0.507 e. The van der Waals surface area contributed by atoms with E-state index < -0.39 is 0 Å². The van der Waals surface area contributed by atoms with Gasteiger partial charge in [0.05, 0.1) is 5.39 Å². The number of fused-ring (bicyclic) bond motifs is 1. The fraction of sp³-hybridized carbons (Fsp3) is 0.250. The number of hydrogen-bond acceptors (Lipinski definition) is 3. The molecule has 0 fully saturated rings. The Bertz CT molecular complexity index is 896. The number of pyridine rings is 1. The van der Waals surface area contributed by atoms with E-state index in [1.807, 2.05) is 12.1 Å². The van der Waals surface area contributed by atoms with Gasteiger partial charge in [-0.05, 0) is 56.7 Å². The van der Waals surface area contributed by atoms with Crippen molar-refractivity contribution in [2.24, 2.45) is 0 Å². The Morgan fingerprint density at radius 3 is 2.54 bits per heavy atom. The minimum absolute atomic E-state index is 0.128. The summed E-state index contributed by atoms with van der Waals surface area (Å²) in [6.07, 6.45) is 3.83. The normalized spacial score (nSPS) is 11.3. The summed E-state index contributed by atoms with van der Waals surface area (Å²) < 4.78 is 0. The molecule has 124 valence electrons. The van der Waals surface area contributed by atoms with Crippen LogP contribution in [0.3, 0.4) is 0 Å². The Kier molecular flexibility index (Phi) is 4.67. The van der Waals surface area contributed by atoms with Gasteiger partial charge in [-0.2, -0.15) is 0 Å². The van der Waals surface area contributed by atoms with E-state index in [2.05, 4.69) is 36.1 Å². The molecular formula is C20H22N2O2. The van der Waals surface area contributed by atoms with Crippen LogP contribution < -0.4 is 5.56 Å². The molecule has 0 atom stereocenters. The fourth-order valence-electron chi connectivity index (χ4n) is 2.98. The van der Waals surface area contributed by atoms with Crippen molar-refractivity contribution in [1.82, 2.24) is 9.88 Å². The van der Waals surface area contributed by atoms with E-state index in [0.29, 0.717) is 10.8 Å². The maximum atomic E-state index is 12.0. The molecule has 4 nitrogen and oxygen atoms in total. The lowest BCUT2D eigenvalue weighted by atomic mass is 9.98. The van der Waals surface area contributed by atoms with Crippen LogP contribution in [0.4, 0.5) is 0 Å². The number of H-pyrrole nitrogens is 1. The molecule has 2 N–H and O–H groups in total. The second kappa shape index (κ2) is 6.89. The summed E-state index contributed by atoms with van der Waals surface area (Å²) in [5, 5.41) is 11.3. The van der Waals surface area contributed by atoms with Gasteiger partial charge in [0.15, 0.2) is 0 Å². The van der Waals surface area contributed by atoms with Gasteiger partial charge in [-0.25, -0.2) is 0 Å². The van der Waals surface area contributed by atoms with Gasteiger partial charge in [0, 0.05) is 17.1 Å². The topological polar surface area (TPSA) is 56.3 Å². The minimum Gasteiger partial charge on any atom is -0.507 e. The zero-order valence-electron chi connectivity index (χ0n) is 14.0. The van der Waals surface area contributed by atoms with Crippen molar-refractivity contribution in [3.05, 3.63) is 64.6 Å². The minimum atomic E-state index is -0.190. The third-order valence-electron chi connectivity index (χ3n) is 4.24. The number of phenolic OH excluding ortho intramolecular Hbond substituents is 1. The SMILES string of the molecule is CN(C)CCCc1ccc(-c2c[nH]c(=O)c3cccc(O)c23)cc1. The van der Waals surface area contributed by atoms with Gasteiger partial charge in [0.1, 0.15) is 5.75 Å². The molecule has 24 heavy (non-hydrogen) atoms. The molecule has 1 heterocycles. The van der Waals surface area contributed by atoms with Gasteiger partial charge in [0.25, 0.3) is 5.56 Å². The second-order valence-corrected chi connectivity index (χ2v) is 6.33. The highest BCUT2D eigenvalue weighted by atomic mass is 16.3. The summed E-state index contributed by atoms with van der Waals surface area (Å²) in [5.41, 5.74) is 2.92. The van der Waals surface area contributed by atoms with Crippen LogP contribution in [0.1, 0.15) is 12.0 Å². The molecule has 0 aliphatic rings. The molecule has 3 rings (SSSR count). The first-order chi connectivity index (χ1) is 11.6. The molecule has 0 bridgehead atoms. The van der Waals surface area contributed by atoms with Crippen LogP contribution in [0.25, 0.3) is 21.9 Å². The van der Waals surface area contributed by atoms with Crippen LogP contribution in [0.2, 0.25) is 0 Å². The van der Waals surface area contributed by atoms with Gasteiger partial charge >= 0.3 is 0 Å². The van der Waals surface area contributed by atoms with Crippen molar-refractivity contribution in [3.8, 4) is 16.9 Å². The van der Waals surface area contributed by atoms with E-state index in [-0.39, 0.29) is 11.3 Å². The lowest BCUT2D eigenvalue weighted by Gasteiger charge is -2.10. The molecule has 2 aromatic carbocycles. The first-order valence-electron chi connectivity index (χ1n) is 8.13. The Hall–Kier alpha value is -2.59. The molecule has 3 aromatic rings. The van der Waals surface area contributed by atoms with Gasteiger partial charge in [0.2, 0.25) is 0 Å². The third kappa shape index (κ3) is 3.34. The number of nitrogens with zero attached hydrogens (tertiary/aromatic N) is 1. The van der Waals surface area contributed by atoms with Crippen molar-refractivity contribution in [1.29, 1.82) is 0 Å². The number of benzene rings is 2. The zero-order valence-corrected chi connectivity index (χ0v) is 14.0. The van der Waals surface area contributed by atoms with Gasteiger partial charge < -0.3 is 15.0 Å². The summed E-state index contributed by atoms with van der Waals surface area (Å²) >= 11 is 0. The lowest BCUT2D eigenvalue weighted by molar-refractivity contribution is 0.400. The van der Waals surface area contributed by atoms with Crippen LogP contribution in [-0.2, 0) is 6.42 Å². The van der Waals surface area contributed by atoms with E-state index in [9.17, 15) is 9.90 Å². The summed E-state index contributed by atoms with van der Waals surface area (Å²) in [4.78, 5) is 16.9. The van der Waals surface area contributed by atoms with E-state index >= 15 is 0 Å². The molecule has 0 amide bonds. The molecule has 1 aromatic heterocycles. The van der Waals surface area contributed by atoms with E-state index in [0.717, 1.165) is 30.5 Å². The average molecular weight is 322 g/mol. The third-order valence-corrected chi connectivity index (χ3v) is 4.24. The lowest BCUT2D eigenvalue weighted by Crippen LogP contribution is -2.13. The monoisotopic (exact) mass is 322 g/mol. The molecule has 0 saturated heterocycles. The highest BCUT2D eigenvalue weighted by molar-refractivity contribution is 5.99. The number of rotatable bonds is 5. The standard InChI is InChI=1S/C20H22N2O2/c1-22(2)12-4-5-14-8-10-15(11-9-14)17-13-21-20(24)16-6-3-7-18(23)19(16)17/h3,6-11,13,23H,4-5,12H2,1-2H3,(H,21,24). The molecule has 0 spiro atoms. The van der Waals surface area contributed by atoms with Gasteiger partial charge in [-0.1, -0.05) is 30.3 Å². The van der Waals surface area contributed by atoms with Gasteiger partial charge in [-0.3, -0.25) is 4.79 Å². The predicted molar refractivity (Wildman–Crippen MR) is 98.5 cm³/mol. The number of aromatic nitrogens is 1. The molecule has 0 radical (unpaired) electrons. The molecule has 0 aliphatic heterocycles.